The average molecular weight is 337 g/mol. The Morgan fingerprint density at radius 1 is 0.955 bits per heavy atom. The van der Waals surface area contributed by atoms with Crippen LogP contribution in [0.25, 0.3) is 0 Å². The zero-order chi connectivity index (χ0) is 17.4. The second kappa shape index (κ2) is 9.13. The van der Waals surface area contributed by atoms with Crippen molar-refractivity contribution in [1.82, 2.24) is 0 Å². The number of hydrogen-bond donors (Lipinski definition) is 0. The Balaban J connectivity index is 5.03. The lowest BCUT2D eigenvalue weighted by atomic mass is 10.1. The van der Waals surface area contributed by atoms with Gasteiger partial charge >= 0.3 is 0 Å². The summed E-state index contributed by atoms with van der Waals surface area (Å²) in [5, 5.41) is 0.424. The molecule has 2 heteroatoms. The lowest BCUT2D eigenvalue weighted by molar-refractivity contribution is 0.660. The molecule has 0 aliphatic rings. The number of hydrogen-bond acceptors (Lipinski definition) is 0. The van der Waals surface area contributed by atoms with E-state index in [0.717, 1.165) is 6.42 Å². The molecule has 0 aromatic heterocycles. The molecule has 0 aromatic carbocycles. The van der Waals surface area contributed by atoms with Crippen LogP contribution in [0.5, 0.6) is 0 Å². The fourth-order valence-electron chi connectivity index (χ4n) is 2.14. The van der Waals surface area contributed by atoms with Crippen molar-refractivity contribution in [3.63, 3.8) is 0 Å². The van der Waals surface area contributed by atoms with Crippen LogP contribution in [0, 0.1) is 11.5 Å². The van der Waals surface area contributed by atoms with Crippen LogP contribution in [-0.2, 0) is 0 Å². The highest BCUT2D eigenvalue weighted by molar-refractivity contribution is 6.85. The molecule has 0 spiro atoms. The van der Waals surface area contributed by atoms with Gasteiger partial charge in [0, 0.05) is 6.42 Å². The zero-order valence-electron chi connectivity index (χ0n) is 16.8. The summed E-state index contributed by atoms with van der Waals surface area (Å²) in [5.74, 6) is 3.51. The van der Waals surface area contributed by atoms with Crippen molar-refractivity contribution in [3.05, 3.63) is 11.3 Å². The van der Waals surface area contributed by atoms with E-state index in [0.29, 0.717) is 5.04 Å². The van der Waals surface area contributed by atoms with E-state index in [1.807, 2.05) is 0 Å². The van der Waals surface area contributed by atoms with Crippen molar-refractivity contribution in [2.24, 2.45) is 0 Å². The summed E-state index contributed by atoms with van der Waals surface area (Å²) < 4.78 is 0. The maximum Gasteiger partial charge on any atom is 0.129 e. The van der Waals surface area contributed by atoms with Crippen LogP contribution < -0.4 is 0 Å². The quantitative estimate of drug-likeness (QED) is 0.262. The van der Waals surface area contributed by atoms with E-state index in [4.69, 9.17) is 0 Å². The molecule has 0 nitrogen and oxygen atoms in total. The SMILES string of the molecule is CCCCCC/C(=C/[Si](C)(C)C(C)(C)C)CC#C[Si](C)(C)C. The lowest BCUT2D eigenvalue weighted by Gasteiger charge is -2.35. The maximum atomic E-state index is 3.54. The van der Waals surface area contributed by atoms with Gasteiger partial charge in [-0.05, 0) is 17.9 Å². The van der Waals surface area contributed by atoms with E-state index < -0.39 is 16.1 Å². The van der Waals surface area contributed by atoms with E-state index >= 15 is 0 Å². The van der Waals surface area contributed by atoms with Crippen molar-refractivity contribution in [3.8, 4) is 11.5 Å². The van der Waals surface area contributed by atoms with Crippen LogP contribution in [0.2, 0.25) is 37.8 Å². The fraction of sp³-hybridized carbons (Fsp3) is 0.800. The predicted octanol–water partition coefficient (Wildman–Crippen LogP) is 7.20. The first-order valence-electron chi connectivity index (χ1n) is 9.10. The molecule has 0 atom stereocenters. The minimum atomic E-state index is -1.35. The van der Waals surface area contributed by atoms with Crippen molar-refractivity contribution < 1.29 is 0 Å². The number of rotatable bonds is 7. The smallest absolute Gasteiger partial charge is 0.129 e. The third kappa shape index (κ3) is 9.69. The molecule has 128 valence electrons. The summed E-state index contributed by atoms with van der Waals surface area (Å²) in [6.07, 6.45) is 7.65. The van der Waals surface area contributed by atoms with Crippen LogP contribution in [-0.4, -0.2) is 16.1 Å². The molecule has 22 heavy (non-hydrogen) atoms. The third-order valence-electron chi connectivity index (χ3n) is 4.63. The van der Waals surface area contributed by atoms with Gasteiger partial charge in [-0.1, -0.05) is 91.0 Å². The first-order chi connectivity index (χ1) is 9.89. The molecule has 0 N–H and O–H groups in total. The predicted molar refractivity (Wildman–Crippen MR) is 110 cm³/mol. The van der Waals surface area contributed by atoms with Gasteiger partial charge in [0.15, 0.2) is 0 Å². The highest BCUT2D eigenvalue weighted by Crippen LogP contribution is 2.38. The van der Waals surface area contributed by atoms with Gasteiger partial charge in [0.05, 0.1) is 8.07 Å². The Labute approximate surface area is 143 Å². The van der Waals surface area contributed by atoms with Crippen LogP contribution in [0.15, 0.2) is 11.3 Å². The Kier molecular flexibility index (Phi) is 9.02. The van der Waals surface area contributed by atoms with Crippen LogP contribution >= 0.6 is 0 Å². The molecule has 0 aliphatic carbocycles. The summed E-state index contributed by atoms with van der Waals surface area (Å²) in [6.45, 7) is 21.5. The first-order valence-corrected chi connectivity index (χ1v) is 15.7. The van der Waals surface area contributed by atoms with E-state index in [-0.39, 0.29) is 0 Å². The molecular weight excluding hydrogens is 296 g/mol. The van der Waals surface area contributed by atoms with Crippen molar-refractivity contribution in [2.45, 2.75) is 104 Å². The van der Waals surface area contributed by atoms with Crippen molar-refractivity contribution in [1.29, 1.82) is 0 Å². The first kappa shape index (κ1) is 21.7. The second-order valence-electron chi connectivity index (χ2n) is 9.31. The molecule has 0 aromatic rings. The average Bonchev–Trinajstić information content (AvgIpc) is 2.30. The summed E-state index contributed by atoms with van der Waals surface area (Å²) in [4.78, 5) is 0. The molecule has 0 bridgehead atoms. The minimum Gasteiger partial charge on any atom is -0.132 e. The summed E-state index contributed by atoms with van der Waals surface area (Å²) in [5.41, 5.74) is 7.83. The Morgan fingerprint density at radius 2 is 1.55 bits per heavy atom. The molecule has 0 unspecified atom stereocenters. The van der Waals surface area contributed by atoms with Gasteiger partial charge in [0.2, 0.25) is 0 Å². The van der Waals surface area contributed by atoms with Crippen LogP contribution in [0.3, 0.4) is 0 Å². The Bertz CT molecular complexity index is 406. The Morgan fingerprint density at radius 3 is 2.00 bits per heavy atom. The van der Waals surface area contributed by atoms with E-state index in [1.165, 1.54) is 32.1 Å². The second-order valence-corrected chi connectivity index (χ2v) is 19.3. The lowest BCUT2D eigenvalue weighted by Crippen LogP contribution is -2.35. The van der Waals surface area contributed by atoms with Gasteiger partial charge in [-0.15, -0.1) is 11.5 Å². The molecule has 0 radical (unpaired) electrons. The standard InChI is InChI=1S/C20H40Si2/c1-10-11-12-13-15-19(16-14-17-21(5,6)7)18-22(8,9)20(2,3)4/h18H,10-13,15-16H2,1-9H3/b19-18-. The summed E-state index contributed by atoms with van der Waals surface area (Å²) in [7, 11) is -2.59. The highest BCUT2D eigenvalue weighted by atomic mass is 28.3. The number of allylic oxidation sites excluding steroid dienone is 1. The highest BCUT2D eigenvalue weighted by Gasteiger charge is 2.33. The molecule has 0 rings (SSSR count). The van der Waals surface area contributed by atoms with Gasteiger partial charge in [0.1, 0.15) is 8.07 Å². The Hall–Kier alpha value is -0.266. The summed E-state index contributed by atoms with van der Waals surface area (Å²) >= 11 is 0. The monoisotopic (exact) mass is 336 g/mol. The largest absolute Gasteiger partial charge is 0.132 e. The van der Waals surface area contributed by atoms with Gasteiger partial charge in [-0.2, -0.15) is 0 Å². The third-order valence-corrected chi connectivity index (χ3v) is 10.6. The van der Waals surface area contributed by atoms with E-state index in [1.54, 1.807) is 5.57 Å². The maximum absolute atomic E-state index is 3.54. The van der Waals surface area contributed by atoms with E-state index in [9.17, 15) is 0 Å². The zero-order valence-corrected chi connectivity index (χ0v) is 18.8. The minimum absolute atomic E-state index is 0.424. The molecule has 0 saturated carbocycles. The van der Waals surface area contributed by atoms with Gasteiger partial charge in [-0.25, -0.2) is 0 Å². The number of unbranched alkanes of at least 4 members (excludes halogenated alkanes) is 3. The topological polar surface area (TPSA) is 0 Å². The van der Waals surface area contributed by atoms with E-state index in [2.05, 4.69) is 77.6 Å². The van der Waals surface area contributed by atoms with Crippen molar-refractivity contribution >= 4 is 16.1 Å². The molecular formula is C20H40Si2. The molecule has 0 saturated heterocycles. The van der Waals surface area contributed by atoms with Gasteiger partial charge in [-0.3, -0.25) is 0 Å². The van der Waals surface area contributed by atoms with Crippen LogP contribution in [0.4, 0.5) is 0 Å². The molecule has 0 fully saturated rings. The molecule has 0 aliphatic heterocycles. The fourth-order valence-corrected chi connectivity index (χ4v) is 4.46. The van der Waals surface area contributed by atoms with Crippen LogP contribution in [0.1, 0.15) is 66.2 Å². The summed E-state index contributed by atoms with van der Waals surface area (Å²) in [6, 6.07) is 0. The van der Waals surface area contributed by atoms with Gasteiger partial charge in [0.25, 0.3) is 0 Å². The molecule has 0 amide bonds. The van der Waals surface area contributed by atoms with Crippen molar-refractivity contribution in [2.75, 3.05) is 0 Å². The normalized spacial score (nSPS) is 13.8. The van der Waals surface area contributed by atoms with Gasteiger partial charge < -0.3 is 0 Å². The molecule has 0 heterocycles.